The number of hydrogen-bond acceptors (Lipinski definition) is 3. The van der Waals surface area contributed by atoms with Crippen LogP contribution in [0.15, 0.2) is 24.3 Å². The zero-order valence-corrected chi connectivity index (χ0v) is 14.1. The van der Waals surface area contributed by atoms with Gasteiger partial charge >= 0.3 is 0 Å². The molecular formula is C17H28ClN3. The molecule has 21 heavy (non-hydrogen) atoms. The second kappa shape index (κ2) is 8.62. The fraction of sp³-hybridized carbons (Fsp3) is 0.647. The highest BCUT2D eigenvalue weighted by Crippen LogP contribution is 2.26. The molecule has 1 atom stereocenters. The van der Waals surface area contributed by atoms with Crippen molar-refractivity contribution in [2.24, 2.45) is 0 Å². The lowest BCUT2D eigenvalue weighted by atomic mass is 10.1. The van der Waals surface area contributed by atoms with Crippen LogP contribution in [-0.2, 0) is 0 Å². The van der Waals surface area contributed by atoms with Gasteiger partial charge < -0.3 is 10.2 Å². The number of nitrogens with zero attached hydrogens (tertiary/aromatic N) is 2. The van der Waals surface area contributed by atoms with Crippen LogP contribution < -0.4 is 10.2 Å². The summed E-state index contributed by atoms with van der Waals surface area (Å²) in [4.78, 5) is 5.02. The Bertz CT molecular complexity index is 416. The van der Waals surface area contributed by atoms with Crippen LogP contribution in [0.4, 0.5) is 5.69 Å². The molecule has 0 aromatic heterocycles. The number of hydrogen-bond donors (Lipinski definition) is 1. The Kier molecular flexibility index (Phi) is 6.81. The van der Waals surface area contributed by atoms with Crippen LogP contribution in [0, 0.1) is 0 Å². The molecule has 1 saturated heterocycles. The van der Waals surface area contributed by atoms with Gasteiger partial charge in [-0.25, -0.2) is 0 Å². The summed E-state index contributed by atoms with van der Waals surface area (Å²) >= 11 is 6.29. The molecular weight excluding hydrogens is 282 g/mol. The van der Waals surface area contributed by atoms with E-state index in [1.165, 1.54) is 18.5 Å². The molecule has 1 aliphatic heterocycles. The smallest absolute Gasteiger partial charge is 0.0639 e. The van der Waals surface area contributed by atoms with Crippen LogP contribution in [0.25, 0.3) is 0 Å². The Hall–Kier alpha value is -0.770. The van der Waals surface area contributed by atoms with E-state index in [9.17, 15) is 0 Å². The fourth-order valence-electron chi connectivity index (χ4n) is 2.99. The monoisotopic (exact) mass is 309 g/mol. The Labute approximate surface area is 134 Å². The largest absolute Gasteiger partial charge is 0.368 e. The van der Waals surface area contributed by atoms with Gasteiger partial charge in [0.15, 0.2) is 0 Å². The normalized spacial score (nSPS) is 18.0. The molecule has 0 radical (unpaired) electrons. The second-order valence-electron chi connectivity index (χ2n) is 5.82. The lowest BCUT2D eigenvalue weighted by Crippen LogP contribution is -2.49. The maximum atomic E-state index is 6.29. The van der Waals surface area contributed by atoms with E-state index in [2.05, 4.69) is 41.1 Å². The molecule has 2 rings (SSSR count). The second-order valence-corrected chi connectivity index (χ2v) is 6.23. The molecule has 0 aliphatic carbocycles. The highest BCUT2D eigenvalue weighted by molar-refractivity contribution is 6.33. The third kappa shape index (κ3) is 4.87. The molecule has 1 aliphatic rings. The van der Waals surface area contributed by atoms with Crippen molar-refractivity contribution in [3.05, 3.63) is 29.3 Å². The predicted octanol–water partition coefficient (Wildman–Crippen LogP) is 3.24. The summed E-state index contributed by atoms with van der Waals surface area (Å²) in [5.74, 6) is 0. The Morgan fingerprint density at radius 1 is 1.19 bits per heavy atom. The molecule has 118 valence electrons. The van der Waals surface area contributed by atoms with Gasteiger partial charge in [-0.2, -0.15) is 0 Å². The van der Waals surface area contributed by atoms with E-state index in [0.29, 0.717) is 6.04 Å². The molecule has 3 nitrogen and oxygen atoms in total. The van der Waals surface area contributed by atoms with E-state index in [1.807, 2.05) is 12.1 Å². The van der Waals surface area contributed by atoms with Crippen molar-refractivity contribution in [1.29, 1.82) is 0 Å². The van der Waals surface area contributed by atoms with Crippen LogP contribution >= 0.6 is 11.6 Å². The van der Waals surface area contributed by atoms with Crippen LogP contribution in [0.2, 0.25) is 5.02 Å². The maximum absolute atomic E-state index is 6.29. The molecule has 1 fully saturated rings. The average Bonchev–Trinajstić information content (AvgIpc) is 2.52. The Morgan fingerprint density at radius 2 is 1.90 bits per heavy atom. The Morgan fingerprint density at radius 3 is 2.57 bits per heavy atom. The minimum atomic E-state index is 0.678. The van der Waals surface area contributed by atoms with Gasteiger partial charge in [-0.15, -0.1) is 0 Å². The standard InChI is InChI=1S/C17H28ClN3/c1-3-19-10-6-7-15(2)20-11-13-21(14-12-20)17-9-5-4-8-16(17)18/h4-5,8-9,15,19H,3,6-7,10-14H2,1-2H3. The minimum absolute atomic E-state index is 0.678. The topological polar surface area (TPSA) is 18.5 Å². The SMILES string of the molecule is CCNCCCC(C)N1CCN(c2ccccc2Cl)CC1. The van der Waals surface area contributed by atoms with Gasteiger partial charge in [0.2, 0.25) is 0 Å². The van der Waals surface area contributed by atoms with Crippen molar-refractivity contribution < 1.29 is 0 Å². The quantitative estimate of drug-likeness (QED) is 0.780. The first-order chi connectivity index (χ1) is 10.2. The first-order valence-electron chi connectivity index (χ1n) is 8.16. The molecule has 1 aromatic carbocycles. The van der Waals surface area contributed by atoms with E-state index in [4.69, 9.17) is 11.6 Å². The van der Waals surface area contributed by atoms with E-state index >= 15 is 0 Å². The molecule has 0 amide bonds. The predicted molar refractivity (Wildman–Crippen MR) is 92.5 cm³/mol. The number of para-hydroxylation sites is 1. The number of halogens is 1. The third-order valence-electron chi connectivity index (χ3n) is 4.36. The van der Waals surface area contributed by atoms with E-state index < -0.39 is 0 Å². The maximum Gasteiger partial charge on any atom is 0.0639 e. The van der Waals surface area contributed by atoms with Crippen LogP contribution in [0.5, 0.6) is 0 Å². The molecule has 1 N–H and O–H groups in total. The molecule has 0 spiro atoms. The van der Waals surface area contributed by atoms with E-state index in [0.717, 1.165) is 44.3 Å². The number of rotatable bonds is 7. The average molecular weight is 310 g/mol. The summed E-state index contributed by atoms with van der Waals surface area (Å²) in [5, 5.41) is 4.27. The summed E-state index contributed by atoms with van der Waals surface area (Å²) in [6.07, 6.45) is 2.54. The number of anilines is 1. The molecule has 0 saturated carbocycles. The summed E-state index contributed by atoms with van der Waals surface area (Å²) in [6.45, 7) is 11.1. The van der Waals surface area contributed by atoms with Crippen molar-refractivity contribution >= 4 is 17.3 Å². The van der Waals surface area contributed by atoms with Gasteiger partial charge in [0.25, 0.3) is 0 Å². The Balaban J connectivity index is 1.76. The van der Waals surface area contributed by atoms with E-state index in [-0.39, 0.29) is 0 Å². The van der Waals surface area contributed by atoms with Gasteiger partial charge in [-0.3, -0.25) is 4.90 Å². The summed E-state index contributed by atoms with van der Waals surface area (Å²) < 4.78 is 0. The molecule has 0 bridgehead atoms. The highest BCUT2D eigenvalue weighted by Gasteiger charge is 2.21. The van der Waals surface area contributed by atoms with Crippen molar-refractivity contribution in [2.45, 2.75) is 32.7 Å². The first kappa shape index (κ1) is 16.6. The van der Waals surface area contributed by atoms with Crippen LogP contribution in [0.3, 0.4) is 0 Å². The minimum Gasteiger partial charge on any atom is -0.368 e. The fourth-order valence-corrected chi connectivity index (χ4v) is 3.25. The van der Waals surface area contributed by atoms with Crippen molar-refractivity contribution in [3.63, 3.8) is 0 Å². The highest BCUT2D eigenvalue weighted by atomic mass is 35.5. The van der Waals surface area contributed by atoms with Crippen LogP contribution in [-0.4, -0.2) is 50.2 Å². The zero-order valence-electron chi connectivity index (χ0n) is 13.3. The zero-order chi connectivity index (χ0) is 15.1. The van der Waals surface area contributed by atoms with Gasteiger partial charge in [-0.05, 0) is 45.0 Å². The summed E-state index contributed by atoms with van der Waals surface area (Å²) in [5.41, 5.74) is 1.18. The van der Waals surface area contributed by atoms with Crippen molar-refractivity contribution in [1.82, 2.24) is 10.2 Å². The summed E-state index contributed by atoms with van der Waals surface area (Å²) in [7, 11) is 0. The van der Waals surface area contributed by atoms with E-state index in [1.54, 1.807) is 0 Å². The number of nitrogens with one attached hydrogen (secondary N) is 1. The third-order valence-corrected chi connectivity index (χ3v) is 4.68. The molecule has 1 aromatic rings. The van der Waals surface area contributed by atoms with Gasteiger partial charge in [0.05, 0.1) is 10.7 Å². The lowest BCUT2D eigenvalue weighted by Gasteiger charge is -2.39. The first-order valence-corrected chi connectivity index (χ1v) is 8.54. The number of piperazine rings is 1. The van der Waals surface area contributed by atoms with Crippen molar-refractivity contribution in [2.75, 3.05) is 44.2 Å². The van der Waals surface area contributed by atoms with Crippen LogP contribution in [0.1, 0.15) is 26.7 Å². The van der Waals surface area contributed by atoms with Gasteiger partial charge in [-0.1, -0.05) is 30.7 Å². The number of benzene rings is 1. The van der Waals surface area contributed by atoms with Gasteiger partial charge in [0.1, 0.15) is 0 Å². The van der Waals surface area contributed by atoms with Gasteiger partial charge in [0, 0.05) is 32.2 Å². The lowest BCUT2D eigenvalue weighted by molar-refractivity contribution is 0.186. The molecule has 1 heterocycles. The molecule has 1 unspecified atom stereocenters. The molecule has 4 heteroatoms. The summed E-state index contributed by atoms with van der Waals surface area (Å²) in [6, 6.07) is 8.84. The van der Waals surface area contributed by atoms with Crippen molar-refractivity contribution in [3.8, 4) is 0 Å².